The fourth-order valence-electron chi connectivity index (χ4n) is 3.06. The van der Waals surface area contributed by atoms with E-state index in [2.05, 4.69) is 16.0 Å². The predicted octanol–water partition coefficient (Wildman–Crippen LogP) is -1.12. The van der Waals surface area contributed by atoms with Crippen LogP contribution in [0.4, 0.5) is 4.79 Å². The van der Waals surface area contributed by atoms with E-state index in [1.807, 2.05) is 11.8 Å². The van der Waals surface area contributed by atoms with Gasteiger partial charge in [0.05, 0.1) is 18.1 Å². The summed E-state index contributed by atoms with van der Waals surface area (Å²) in [6.45, 7) is 0. The molecule has 10 nitrogen and oxygen atoms in total. The van der Waals surface area contributed by atoms with E-state index in [-0.39, 0.29) is 29.8 Å². The molecule has 5 atom stereocenters. The molecule has 0 aromatic carbocycles. The van der Waals surface area contributed by atoms with Gasteiger partial charge < -0.3 is 33.2 Å². The number of nitrogens with one attached hydrogen (secondary N) is 3. The molecule has 29 heavy (non-hydrogen) atoms. The molecule has 0 aliphatic carbocycles. The van der Waals surface area contributed by atoms with Gasteiger partial charge in [0.15, 0.2) is 0 Å². The molecular weight excluding hydrogens is 436 g/mol. The number of unbranched alkanes of at least 4 members (excludes halogenated alkanes) is 1. The van der Waals surface area contributed by atoms with Crippen LogP contribution in [0.5, 0.6) is 0 Å². The van der Waals surface area contributed by atoms with Crippen molar-refractivity contribution in [1.82, 2.24) is 16.0 Å². The predicted molar refractivity (Wildman–Crippen MR) is 117 cm³/mol. The molecule has 164 valence electrons. The monoisotopic (exact) mass is 464 g/mol. The standard InChI is InChI=1S/C16H28N6O4S3/c17-8(14(18)24)5-28-29-7-10(15(19)25)20-12(23)4-2-1-3-11-13-9(6-27-11)21-16(26)22-13/h8-11,13H,1-7,17H2,(H2,18,24)(H2,19,25)(H,20,23)(H2,21,22,26)/t8?,9-,10?,11-,13-/m0/s1. The molecule has 13 heteroatoms. The van der Waals surface area contributed by atoms with Gasteiger partial charge in [-0.05, 0) is 12.8 Å². The van der Waals surface area contributed by atoms with Gasteiger partial charge in [0.2, 0.25) is 17.7 Å². The van der Waals surface area contributed by atoms with E-state index in [0.717, 1.165) is 18.6 Å². The summed E-state index contributed by atoms with van der Waals surface area (Å²) in [7, 11) is 2.60. The summed E-state index contributed by atoms with van der Waals surface area (Å²) in [5.74, 6) is 0.0947. The fraction of sp³-hybridized carbons (Fsp3) is 0.750. The van der Waals surface area contributed by atoms with E-state index in [9.17, 15) is 19.2 Å². The van der Waals surface area contributed by atoms with Crippen molar-refractivity contribution in [3.05, 3.63) is 0 Å². The van der Waals surface area contributed by atoms with Gasteiger partial charge in [0.25, 0.3) is 0 Å². The molecule has 2 unspecified atom stereocenters. The second-order valence-electron chi connectivity index (χ2n) is 6.97. The zero-order chi connectivity index (χ0) is 21.4. The van der Waals surface area contributed by atoms with E-state index in [1.165, 1.54) is 21.6 Å². The summed E-state index contributed by atoms with van der Waals surface area (Å²) in [5.41, 5.74) is 16.0. The van der Waals surface area contributed by atoms with E-state index in [1.54, 1.807) is 0 Å². The lowest BCUT2D eigenvalue weighted by Gasteiger charge is -2.17. The van der Waals surface area contributed by atoms with Crippen molar-refractivity contribution < 1.29 is 19.2 Å². The first-order valence-electron chi connectivity index (χ1n) is 9.34. The van der Waals surface area contributed by atoms with Gasteiger partial charge in [-0.3, -0.25) is 14.4 Å². The third-order valence-electron chi connectivity index (χ3n) is 4.69. The van der Waals surface area contributed by atoms with Crippen molar-refractivity contribution in [3.8, 4) is 0 Å². The lowest BCUT2D eigenvalue weighted by Crippen LogP contribution is -2.46. The minimum atomic E-state index is -0.782. The van der Waals surface area contributed by atoms with Crippen LogP contribution in [0.3, 0.4) is 0 Å². The Morgan fingerprint density at radius 1 is 1.14 bits per heavy atom. The number of urea groups is 1. The zero-order valence-corrected chi connectivity index (χ0v) is 18.4. The number of carbonyl (C=O) groups excluding carboxylic acids is 4. The minimum absolute atomic E-state index is 0.102. The van der Waals surface area contributed by atoms with Gasteiger partial charge in [0, 0.05) is 28.9 Å². The largest absolute Gasteiger partial charge is 0.368 e. The molecule has 5 amide bonds. The van der Waals surface area contributed by atoms with Crippen LogP contribution in [0.2, 0.25) is 0 Å². The molecule has 2 rings (SSSR count). The molecule has 2 aliphatic rings. The highest BCUT2D eigenvalue weighted by atomic mass is 33.1. The maximum absolute atomic E-state index is 12.1. The number of amides is 5. The van der Waals surface area contributed by atoms with Gasteiger partial charge in [-0.1, -0.05) is 28.0 Å². The molecule has 0 radical (unpaired) electrons. The van der Waals surface area contributed by atoms with Gasteiger partial charge in [-0.15, -0.1) is 0 Å². The maximum Gasteiger partial charge on any atom is 0.315 e. The van der Waals surface area contributed by atoms with Crippen LogP contribution < -0.4 is 33.2 Å². The van der Waals surface area contributed by atoms with Gasteiger partial charge >= 0.3 is 6.03 Å². The molecule has 2 fully saturated rings. The third-order valence-corrected chi connectivity index (χ3v) is 8.65. The lowest BCUT2D eigenvalue weighted by atomic mass is 10.0. The molecule has 0 bridgehead atoms. The zero-order valence-electron chi connectivity index (χ0n) is 15.9. The lowest BCUT2D eigenvalue weighted by molar-refractivity contribution is -0.126. The Morgan fingerprint density at radius 3 is 2.55 bits per heavy atom. The quantitative estimate of drug-likeness (QED) is 0.112. The smallest absolute Gasteiger partial charge is 0.315 e. The SMILES string of the molecule is NC(=O)C(N)CSSCC(NC(=O)CCCC[C@@H]1SC[C@@H]2NC(=O)N[C@@H]21)C(N)=O. The number of hydrogen-bond donors (Lipinski definition) is 6. The highest BCUT2D eigenvalue weighted by Crippen LogP contribution is 2.33. The average Bonchev–Trinajstić information content (AvgIpc) is 3.20. The number of fused-ring (bicyclic) bond motifs is 1. The molecule has 0 saturated carbocycles. The van der Waals surface area contributed by atoms with Crippen molar-refractivity contribution in [1.29, 1.82) is 0 Å². The Bertz CT molecular complexity index is 625. The fourth-order valence-corrected chi connectivity index (χ4v) is 6.91. The maximum atomic E-state index is 12.1. The van der Waals surface area contributed by atoms with Gasteiger partial charge in [-0.25, -0.2) is 4.79 Å². The summed E-state index contributed by atoms with van der Waals surface area (Å²) < 4.78 is 0. The normalized spacial score (nSPS) is 24.9. The molecule has 9 N–H and O–H groups in total. The van der Waals surface area contributed by atoms with Crippen LogP contribution in [-0.4, -0.2) is 70.4 Å². The van der Waals surface area contributed by atoms with Crippen molar-refractivity contribution in [2.75, 3.05) is 17.3 Å². The Hall–Kier alpha value is -1.31. The average molecular weight is 465 g/mol. The Labute approximate surface area is 181 Å². The van der Waals surface area contributed by atoms with E-state index in [0.29, 0.717) is 23.8 Å². The van der Waals surface area contributed by atoms with Crippen LogP contribution >= 0.6 is 33.3 Å². The summed E-state index contributed by atoms with van der Waals surface area (Å²) in [6.07, 6.45) is 2.79. The summed E-state index contributed by atoms with van der Waals surface area (Å²) in [6, 6.07) is -1.27. The molecule has 2 saturated heterocycles. The van der Waals surface area contributed by atoms with E-state index >= 15 is 0 Å². The molecule has 0 aromatic heterocycles. The van der Waals surface area contributed by atoms with Crippen LogP contribution in [0.15, 0.2) is 0 Å². The molecule has 0 aromatic rings. The third kappa shape index (κ3) is 7.79. The first kappa shape index (κ1) is 24.0. The second kappa shape index (κ2) is 11.8. The number of thioether (sulfide) groups is 1. The molecular formula is C16H28N6O4S3. The summed E-state index contributed by atoms with van der Waals surface area (Å²) in [5, 5.41) is 8.88. The summed E-state index contributed by atoms with van der Waals surface area (Å²) >= 11 is 1.84. The Morgan fingerprint density at radius 2 is 1.86 bits per heavy atom. The topological polar surface area (TPSA) is 182 Å². The summed E-state index contributed by atoms with van der Waals surface area (Å²) in [4.78, 5) is 45.9. The van der Waals surface area contributed by atoms with Crippen molar-refractivity contribution >= 4 is 57.1 Å². The number of carbonyl (C=O) groups is 4. The van der Waals surface area contributed by atoms with Crippen molar-refractivity contribution in [2.45, 2.75) is 55.1 Å². The second-order valence-corrected chi connectivity index (χ2v) is 10.8. The number of hydrogen-bond acceptors (Lipinski definition) is 8. The van der Waals surface area contributed by atoms with Crippen molar-refractivity contribution in [2.24, 2.45) is 17.2 Å². The minimum Gasteiger partial charge on any atom is -0.368 e. The van der Waals surface area contributed by atoms with Crippen LogP contribution in [-0.2, 0) is 14.4 Å². The van der Waals surface area contributed by atoms with Gasteiger partial charge in [0.1, 0.15) is 6.04 Å². The Kier molecular flexibility index (Phi) is 9.72. The van der Waals surface area contributed by atoms with Crippen LogP contribution in [0.1, 0.15) is 25.7 Å². The highest BCUT2D eigenvalue weighted by Gasteiger charge is 2.42. The molecule has 0 spiro atoms. The van der Waals surface area contributed by atoms with Crippen molar-refractivity contribution in [3.63, 3.8) is 0 Å². The first-order chi connectivity index (χ1) is 13.8. The molecule has 2 heterocycles. The van der Waals surface area contributed by atoms with Crippen LogP contribution in [0, 0.1) is 0 Å². The first-order valence-corrected chi connectivity index (χ1v) is 12.9. The number of primary amides is 2. The number of nitrogens with two attached hydrogens (primary N) is 3. The van der Waals surface area contributed by atoms with Gasteiger partial charge in [-0.2, -0.15) is 11.8 Å². The Balaban J connectivity index is 1.60. The van der Waals surface area contributed by atoms with E-state index < -0.39 is 23.9 Å². The van der Waals surface area contributed by atoms with E-state index in [4.69, 9.17) is 17.2 Å². The number of rotatable bonds is 13. The highest BCUT2D eigenvalue weighted by molar-refractivity contribution is 8.76. The molecule has 2 aliphatic heterocycles. The van der Waals surface area contributed by atoms with Crippen LogP contribution in [0.25, 0.3) is 0 Å².